The summed E-state index contributed by atoms with van der Waals surface area (Å²) in [5.41, 5.74) is 0. The van der Waals surface area contributed by atoms with E-state index in [9.17, 15) is 0 Å². The third kappa shape index (κ3) is 2.74. The van der Waals surface area contributed by atoms with Crippen molar-refractivity contribution in [2.45, 2.75) is 38.6 Å². The van der Waals surface area contributed by atoms with Gasteiger partial charge in [0.2, 0.25) is 0 Å². The first-order valence-electron chi connectivity index (χ1n) is 6.19. The summed E-state index contributed by atoms with van der Waals surface area (Å²) >= 11 is 1.83. The molecule has 90 valence electrons. The first-order valence-corrected chi connectivity index (χ1v) is 7.01. The summed E-state index contributed by atoms with van der Waals surface area (Å²) in [6, 6.07) is 0.415. The molecule has 0 aromatic carbocycles. The van der Waals surface area contributed by atoms with E-state index in [1.807, 2.05) is 24.6 Å². The van der Waals surface area contributed by atoms with Crippen LogP contribution in [0.5, 0.6) is 0 Å². The zero-order valence-electron chi connectivity index (χ0n) is 10.2. The molecule has 4 heteroatoms. The van der Waals surface area contributed by atoms with Gasteiger partial charge < -0.3 is 10.2 Å². The molecule has 2 heterocycles. The van der Waals surface area contributed by atoms with Gasteiger partial charge in [-0.15, -0.1) is 11.3 Å². The topological polar surface area (TPSA) is 28.2 Å². The minimum Gasteiger partial charge on any atom is -0.348 e. The van der Waals surface area contributed by atoms with Gasteiger partial charge in [-0.3, -0.25) is 0 Å². The second-order valence-electron chi connectivity index (χ2n) is 4.46. The highest BCUT2D eigenvalue weighted by Crippen LogP contribution is 2.28. The molecular formula is C12H21N3S. The molecule has 1 saturated heterocycles. The Kier molecular flexibility index (Phi) is 4.18. The number of nitrogens with one attached hydrogen (secondary N) is 1. The summed E-state index contributed by atoms with van der Waals surface area (Å²) in [4.78, 5) is 8.34. The molecule has 1 aromatic rings. The van der Waals surface area contributed by atoms with Crippen LogP contribution in [0.2, 0.25) is 0 Å². The van der Waals surface area contributed by atoms with Gasteiger partial charge in [-0.05, 0) is 26.8 Å². The lowest BCUT2D eigenvalue weighted by Gasteiger charge is -2.18. The molecular weight excluding hydrogens is 218 g/mol. The average Bonchev–Trinajstić information content (AvgIpc) is 2.64. The van der Waals surface area contributed by atoms with Crippen molar-refractivity contribution in [3.8, 4) is 0 Å². The van der Waals surface area contributed by atoms with E-state index < -0.39 is 0 Å². The fourth-order valence-electron chi connectivity index (χ4n) is 2.03. The molecule has 1 atom stereocenters. The monoisotopic (exact) mass is 239 g/mol. The molecule has 1 fully saturated rings. The molecule has 1 aliphatic rings. The summed E-state index contributed by atoms with van der Waals surface area (Å²) in [5, 5.41) is 4.47. The van der Waals surface area contributed by atoms with E-state index in [0.29, 0.717) is 6.04 Å². The molecule has 1 aromatic heterocycles. The van der Waals surface area contributed by atoms with Gasteiger partial charge in [0.05, 0.1) is 0 Å². The maximum atomic E-state index is 4.56. The van der Waals surface area contributed by atoms with Gasteiger partial charge in [0.1, 0.15) is 0 Å². The highest BCUT2D eigenvalue weighted by molar-refractivity contribution is 7.15. The second kappa shape index (κ2) is 5.64. The molecule has 16 heavy (non-hydrogen) atoms. The number of hydrogen-bond donors (Lipinski definition) is 1. The number of rotatable bonds is 3. The minimum atomic E-state index is 0.415. The molecule has 0 aliphatic carbocycles. The van der Waals surface area contributed by atoms with E-state index >= 15 is 0 Å². The van der Waals surface area contributed by atoms with E-state index in [-0.39, 0.29) is 0 Å². The average molecular weight is 239 g/mol. The van der Waals surface area contributed by atoms with Gasteiger partial charge in [-0.2, -0.15) is 0 Å². The third-order valence-corrected chi connectivity index (χ3v) is 4.49. The predicted molar refractivity (Wildman–Crippen MR) is 70.3 cm³/mol. The van der Waals surface area contributed by atoms with Gasteiger partial charge in [0.25, 0.3) is 0 Å². The summed E-state index contributed by atoms with van der Waals surface area (Å²) in [6.07, 6.45) is 7.41. The van der Waals surface area contributed by atoms with E-state index in [2.05, 4.69) is 22.1 Å². The highest BCUT2D eigenvalue weighted by atomic mass is 32.1. The SMILES string of the molecule is CNC(C)c1cnc(N2CCCCCC2)s1. The Morgan fingerprint density at radius 3 is 2.62 bits per heavy atom. The molecule has 0 saturated carbocycles. The lowest BCUT2D eigenvalue weighted by molar-refractivity contribution is 0.662. The maximum Gasteiger partial charge on any atom is 0.185 e. The lowest BCUT2D eigenvalue weighted by Crippen LogP contribution is -2.23. The fourth-order valence-corrected chi connectivity index (χ4v) is 3.06. The lowest BCUT2D eigenvalue weighted by atomic mass is 10.2. The van der Waals surface area contributed by atoms with Crippen LogP contribution in [0.15, 0.2) is 6.20 Å². The van der Waals surface area contributed by atoms with Crippen molar-refractivity contribution in [2.24, 2.45) is 0 Å². The molecule has 1 N–H and O–H groups in total. The second-order valence-corrected chi connectivity index (χ2v) is 5.50. The van der Waals surface area contributed by atoms with Crippen molar-refractivity contribution in [3.05, 3.63) is 11.1 Å². The van der Waals surface area contributed by atoms with Crippen LogP contribution in [-0.2, 0) is 0 Å². The first-order chi connectivity index (χ1) is 7.81. The Bertz CT molecular complexity index is 316. The Labute approximate surface area is 102 Å². The molecule has 0 bridgehead atoms. The Hall–Kier alpha value is -0.610. The van der Waals surface area contributed by atoms with Crippen LogP contribution in [0.1, 0.15) is 43.5 Å². The molecule has 1 unspecified atom stereocenters. The van der Waals surface area contributed by atoms with Gasteiger partial charge >= 0.3 is 0 Å². The van der Waals surface area contributed by atoms with Crippen molar-refractivity contribution in [2.75, 3.05) is 25.0 Å². The van der Waals surface area contributed by atoms with E-state index in [1.165, 1.54) is 48.8 Å². The molecule has 0 amide bonds. The number of thiazole rings is 1. The number of anilines is 1. The van der Waals surface area contributed by atoms with Crippen LogP contribution in [0.3, 0.4) is 0 Å². The zero-order valence-corrected chi connectivity index (χ0v) is 11.0. The summed E-state index contributed by atoms with van der Waals surface area (Å²) < 4.78 is 0. The van der Waals surface area contributed by atoms with Crippen molar-refractivity contribution < 1.29 is 0 Å². The third-order valence-electron chi connectivity index (χ3n) is 3.25. The molecule has 1 aliphatic heterocycles. The number of aromatic nitrogens is 1. The van der Waals surface area contributed by atoms with Crippen LogP contribution < -0.4 is 10.2 Å². The normalized spacial score (nSPS) is 19.5. The fraction of sp³-hybridized carbons (Fsp3) is 0.750. The number of nitrogens with zero attached hydrogens (tertiary/aromatic N) is 2. The maximum absolute atomic E-state index is 4.56. The predicted octanol–water partition coefficient (Wildman–Crippen LogP) is 2.80. The van der Waals surface area contributed by atoms with Crippen molar-refractivity contribution >= 4 is 16.5 Å². The Morgan fingerprint density at radius 2 is 2.00 bits per heavy atom. The Morgan fingerprint density at radius 1 is 1.31 bits per heavy atom. The zero-order chi connectivity index (χ0) is 11.4. The van der Waals surface area contributed by atoms with E-state index in [4.69, 9.17) is 0 Å². The van der Waals surface area contributed by atoms with Crippen LogP contribution in [-0.4, -0.2) is 25.1 Å². The van der Waals surface area contributed by atoms with Gasteiger partial charge in [0, 0.05) is 30.2 Å². The largest absolute Gasteiger partial charge is 0.348 e. The van der Waals surface area contributed by atoms with Gasteiger partial charge in [-0.25, -0.2) is 4.98 Å². The quantitative estimate of drug-likeness (QED) is 0.879. The smallest absolute Gasteiger partial charge is 0.185 e. The molecule has 0 radical (unpaired) electrons. The van der Waals surface area contributed by atoms with Gasteiger partial charge in [-0.1, -0.05) is 12.8 Å². The molecule has 0 spiro atoms. The summed E-state index contributed by atoms with van der Waals surface area (Å²) in [7, 11) is 2.00. The standard InChI is InChI=1S/C12H21N3S/c1-10(13-2)11-9-14-12(16-11)15-7-5-3-4-6-8-15/h9-10,13H,3-8H2,1-2H3. The van der Waals surface area contributed by atoms with Crippen molar-refractivity contribution in [3.63, 3.8) is 0 Å². The summed E-state index contributed by atoms with van der Waals surface area (Å²) in [5.74, 6) is 0. The van der Waals surface area contributed by atoms with Crippen molar-refractivity contribution in [1.82, 2.24) is 10.3 Å². The first kappa shape index (κ1) is 11.9. The van der Waals surface area contributed by atoms with Crippen molar-refractivity contribution in [1.29, 1.82) is 0 Å². The summed E-state index contributed by atoms with van der Waals surface area (Å²) in [6.45, 7) is 4.54. The van der Waals surface area contributed by atoms with E-state index in [0.717, 1.165) is 0 Å². The molecule has 2 rings (SSSR count). The van der Waals surface area contributed by atoms with Crippen LogP contribution in [0.4, 0.5) is 5.13 Å². The van der Waals surface area contributed by atoms with E-state index in [1.54, 1.807) is 0 Å². The van der Waals surface area contributed by atoms with Crippen LogP contribution in [0, 0.1) is 0 Å². The van der Waals surface area contributed by atoms with Gasteiger partial charge in [0.15, 0.2) is 5.13 Å². The Balaban J connectivity index is 2.05. The molecule has 3 nitrogen and oxygen atoms in total. The number of hydrogen-bond acceptors (Lipinski definition) is 4. The van der Waals surface area contributed by atoms with Crippen LogP contribution >= 0.6 is 11.3 Å². The minimum absolute atomic E-state index is 0.415. The van der Waals surface area contributed by atoms with Crippen LogP contribution in [0.25, 0.3) is 0 Å². The highest BCUT2D eigenvalue weighted by Gasteiger charge is 2.14.